The van der Waals surface area contributed by atoms with Gasteiger partial charge in [0, 0.05) is 13.5 Å². The van der Waals surface area contributed by atoms with Crippen molar-refractivity contribution in [2.45, 2.75) is 44.1 Å². The molecule has 0 aliphatic carbocycles. The van der Waals surface area contributed by atoms with Crippen LogP contribution in [0.3, 0.4) is 0 Å². The van der Waals surface area contributed by atoms with E-state index in [0.29, 0.717) is 29.2 Å². The summed E-state index contributed by atoms with van der Waals surface area (Å²) in [5.41, 5.74) is -0.173. The van der Waals surface area contributed by atoms with Crippen LogP contribution in [0.15, 0.2) is 14.4 Å². The Morgan fingerprint density at radius 1 is 1.44 bits per heavy atom. The van der Waals surface area contributed by atoms with E-state index in [4.69, 9.17) is 4.42 Å². The summed E-state index contributed by atoms with van der Waals surface area (Å²) < 4.78 is 6.90. The lowest BCUT2D eigenvalue weighted by atomic mass is 10.3. The zero-order valence-corrected chi connectivity index (χ0v) is 11.2. The number of hydrogen-bond acceptors (Lipinski definition) is 6. The van der Waals surface area contributed by atoms with Gasteiger partial charge in [-0.1, -0.05) is 25.1 Å². The SMILES string of the molecule is CCCCn1c(SCc2nnc(C)o2)n[nH]c1=O. The minimum absolute atomic E-state index is 0.173. The molecule has 0 amide bonds. The van der Waals surface area contributed by atoms with E-state index in [2.05, 4.69) is 27.3 Å². The molecule has 7 nitrogen and oxygen atoms in total. The first-order valence-corrected chi connectivity index (χ1v) is 6.76. The van der Waals surface area contributed by atoms with Crippen LogP contribution >= 0.6 is 11.8 Å². The predicted molar refractivity (Wildman–Crippen MR) is 66.4 cm³/mol. The number of H-pyrrole nitrogens is 1. The highest BCUT2D eigenvalue weighted by Gasteiger charge is 2.10. The fraction of sp³-hybridized carbons (Fsp3) is 0.600. The Morgan fingerprint density at radius 2 is 2.28 bits per heavy atom. The van der Waals surface area contributed by atoms with E-state index in [1.54, 1.807) is 11.5 Å². The fourth-order valence-corrected chi connectivity index (χ4v) is 2.26. The molecular weight excluding hydrogens is 254 g/mol. The Bertz CT molecular complexity index is 559. The summed E-state index contributed by atoms with van der Waals surface area (Å²) in [4.78, 5) is 11.5. The molecule has 0 aliphatic heterocycles. The zero-order valence-electron chi connectivity index (χ0n) is 10.3. The van der Waals surface area contributed by atoms with Crippen molar-refractivity contribution in [3.8, 4) is 0 Å². The Balaban J connectivity index is 2.02. The first kappa shape index (κ1) is 12.9. The van der Waals surface area contributed by atoms with E-state index in [1.165, 1.54) is 11.8 Å². The van der Waals surface area contributed by atoms with Crippen molar-refractivity contribution >= 4 is 11.8 Å². The second kappa shape index (κ2) is 5.85. The molecule has 2 rings (SSSR count). The number of hydrogen-bond donors (Lipinski definition) is 1. The van der Waals surface area contributed by atoms with Crippen molar-refractivity contribution in [1.29, 1.82) is 0 Å². The maximum Gasteiger partial charge on any atom is 0.343 e. The summed E-state index contributed by atoms with van der Waals surface area (Å²) in [6.45, 7) is 4.50. The number of nitrogens with one attached hydrogen (secondary N) is 1. The molecule has 0 fully saturated rings. The number of aryl methyl sites for hydroxylation is 1. The summed E-state index contributed by atoms with van der Waals surface area (Å²) in [7, 11) is 0. The van der Waals surface area contributed by atoms with Crippen LogP contribution in [0.1, 0.15) is 31.5 Å². The smallest absolute Gasteiger partial charge is 0.343 e. The van der Waals surface area contributed by atoms with Gasteiger partial charge < -0.3 is 4.42 Å². The molecule has 2 heterocycles. The first-order valence-electron chi connectivity index (χ1n) is 5.77. The molecule has 0 aromatic carbocycles. The fourth-order valence-electron chi connectivity index (χ4n) is 1.45. The van der Waals surface area contributed by atoms with Crippen molar-refractivity contribution in [3.63, 3.8) is 0 Å². The molecule has 0 spiro atoms. The average Bonchev–Trinajstić information content (AvgIpc) is 2.91. The maximum atomic E-state index is 11.5. The molecule has 0 saturated carbocycles. The number of aromatic nitrogens is 5. The molecule has 0 unspecified atom stereocenters. The second-order valence-electron chi connectivity index (χ2n) is 3.82. The summed E-state index contributed by atoms with van der Waals surface area (Å²) in [5.74, 6) is 1.59. The van der Waals surface area contributed by atoms with Gasteiger partial charge in [0.25, 0.3) is 0 Å². The number of thioether (sulfide) groups is 1. The van der Waals surface area contributed by atoms with Crippen molar-refractivity contribution < 1.29 is 4.42 Å². The van der Waals surface area contributed by atoms with E-state index in [0.717, 1.165) is 12.8 Å². The van der Waals surface area contributed by atoms with Gasteiger partial charge in [0.1, 0.15) is 0 Å². The van der Waals surface area contributed by atoms with Gasteiger partial charge in [-0.3, -0.25) is 4.57 Å². The zero-order chi connectivity index (χ0) is 13.0. The van der Waals surface area contributed by atoms with Gasteiger partial charge in [-0.05, 0) is 6.42 Å². The first-order chi connectivity index (χ1) is 8.70. The highest BCUT2D eigenvalue weighted by molar-refractivity contribution is 7.98. The van der Waals surface area contributed by atoms with Gasteiger partial charge in [-0.2, -0.15) is 0 Å². The van der Waals surface area contributed by atoms with Gasteiger partial charge in [-0.25, -0.2) is 9.89 Å². The van der Waals surface area contributed by atoms with Gasteiger partial charge in [0.05, 0.1) is 5.75 Å². The molecule has 0 saturated heterocycles. The number of unbranched alkanes of at least 4 members (excludes halogenated alkanes) is 1. The third kappa shape index (κ3) is 3.00. The molecular formula is C10H15N5O2S. The summed E-state index contributed by atoms with van der Waals surface area (Å²) in [6, 6.07) is 0. The predicted octanol–water partition coefficient (Wildman–Crippen LogP) is 1.36. The molecule has 0 bridgehead atoms. The van der Waals surface area contributed by atoms with Crippen molar-refractivity contribution in [2.75, 3.05) is 0 Å². The Morgan fingerprint density at radius 3 is 2.94 bits per heavy atom. The van der Waals surface area contributed by atoms with Crippen LogP contribution in [0.2, 0.25) is 0 Å². The quantitative estimate of drug-likeness (QED) is 0.796. The second-order valence-corrected chi connectivity index (χ2v) is 4.76. The Labute approximate surface area is 108 Å². The third-order valence-electron chi connectivity index (χ3n) is 2.35. The standard InChI is InChI=1S/C10H15N5O2S/c1-3-4-5-15-9(16)13-14-10(15)18-6-8-12-11-7(2)17-8/h3-6H2,1-2H3,(H,13,16). The highest BCUT2D eigenvalue weighted by atomic mass is 32.2. The van der Waals surface area contributed by atoms with Gasteiger partial charge in [-0.15, -0.1) is 15.3 Å². The average molecular weight is 269 g/mol. The molecule has 8 heteroatoms. The van der Waals surface area contributed by atoms with Gasteiger partial charge >= 0.3 is 5.69 Å². The molecule has 0 atom stereocenters. The van der Waals surface area contributed by atoms with Crippen LogP contribution in [0.25, 0.3) is 0 Å². The van der Waals surface area contributed by atoms with Crippen LogP contribution in [0.4, 0.5) is 0 Å². The minimum Gasteiger partial charge on any atom is -0.425 e. The summed E-state index contributed by atoms with van der Waals surface area (Å²) in [6.07, 6.45) is 1.98. The topological polar surface area (TPSA) is 89.6 Å². The molecule has 0 aliphatic rings. The number of rotatable bonds is 6. The molecule has 18 heavy (non-hydrogen) atoms. The third-order valence-corrected chi connectivity index (χ3v) is 3.31. The van der Waals surface area contributed by atoms with E-state index in [1.807, 2.05) is 0 Å². The molecule has 98 valence electrons. The molecule has 1 N–H and O–H groups in total. The lowest BCUT2D eigenvalue weighted by Gasteiger charge is -2.02. The molecule has 0 radical (unpaired) electrons. The normalized spacial score (nSPS) is 11.0. The van der Waals surface area contributed by atoms with Gasteiger partial charge in [0.15, 0.2) is 5.16 Å². The maximum absolute atomic E-state index is 11.5. The minimum atomic E-state index is -0.173. The Kier molecular flexibility index (Phi) is 4.19. The van der Waals surface area contributed by atoms with Crippen LogP contribution < -0.4 is 5.69 Å². The number of nitrogens with zero attached hydrogens (tertiary/aromatic N) is 4. The largest absolute Gasteiger partial charge is 0.425 e. The monoisotopic (exact) mass is 269 g/mol. The lowest BCUT2D eigenvalue weighted by molar-refractivity contribution is 0.485. The van der Waals surface area contributed by atoms with Crippen molar-refractivity contribution in [1.82, 2.24) is 25.0 Å². The lowest BCUT2D eigenvalue weighted by Crippen LogP contribution is -2.17. The molecule has 2 aromatic rings. The van der Waals surface area contributed by atoms with E-state index >= 15 is 0 Å². The van der Waals surface area contributed by atoms with E-state index < -0.39 is 0 Å². The van der Waals surface area contributed by atoms with Gasteiger partial charge in [0.2, 0.25) is 11.8 Å². The van der Waals surface area contributed by atoms with E-state index in [9.17, 15) is 4.79 Å². The molecule has 2 aromatic heterocycles. The van der Waals surface area contributed by atoms with Crippen LogP contribution in [-0.2, 0) is 12.3 Å². The van der Waals surface area contributed by atoms with Crippen molar-refractivity contribution in [2.24, 2.45) is 0 Å². The summed E-state index contributed by atoms with van der Waals surface area (Å²) >= 11 is 1.41. The van der Waals surface area contributed by atoms with E-state index in [-0.39, 0.29) is 5.69 Å². The van der Waals surface area contributed by atoms with Crippen LogP contribution in [0.5, 0.6) is 0 Å². The van der Waals surface area contributed by atoms with Crippen molar-refractivity contribution in [3.05, 3.63) is 22.3 Å². The highest BCUT2D eigenvalue weighted by Crippen LogP contribution is 2.18. The van der Waals surface area contributed by atoms with Crippen LogP contribution in [0, 0.1) is 6.92 Å². The number of aromatic amines is 1. The van der Waals surface area contributed by atoms with Crippen LogP contribution in [-0.4, -0.2) is 25.0 Å². The Hall–Kier alpha value is -1.57. The summed E-state index contributed by atoms with van der Waals surface area (Å²) in [5, 5.41) is 14.7.